The van der Waals surface area contributed by atoms with Crippen molar-refractivity contribution in [2.24, 2.45) is 0 Å². The fraction of sp³-hybridized carbons (Fsp3) is 0.286. The lowest BCUT2D eigenvalue weighted by Crippen LogP contribution is -2.45. The van der Waals surface area contributed by atoms with Crippen LogP contribution in [-0.4, -0.2) is 87.7 Å². The molecule has 6 aromatic rings. The highest BCUT2D eigenvalue weighted by atomic mass is 35.5. The van der Waals surface area contributed by atoms with E-state index in [4.69, 9.17) is 53.7 Å². The zero-order valence-corrected chi connectivity index (χ0v) is 37.0. The minimum Gasteiger partial charge on any atom is -0.384 e. The molecule has 6 rings (SSSR count). The fourth-order valence-electron chi connectivity index (χ4n) is 6.37. The lowest BCUT2D eigenvalue weighted by molar-refractivity contribution is -0.138. The van der Waals surface area contributed by atoms with Crippen molar-refractivity contribution in [1.29, 1.82) is 0 Å². The molecule has 22 heteroatoms. The van der Waals surface area contributed by atoms with Gasteiger partial charge in [-0.05, 0) is 39.8 Å². The van der Waals surface area contributed by atoms with E-state index in [9.17, 15) is 28.0 Å². The molecule has 0 fully saturated rings. The van der Waals surface area contributed by atoms with E-state index >= 15 is 0 Å². The van der Waals surface area contributed by atoms with Gasteiger partial charge in [0.15, 0.2) is 0 Å². The Morgan fingerprint density at radius 3 is 1.56 bits per heavy atom. The van der Waals surface area contributed by atoms with Gasteiger partial charge in [-0.3, -0.25) is 19.2 Å². The summed E-state index contributed by atoms with van der Waals surface area (Å²) in [5.41, 5.74) is 7.54. The minimum atomic E-state index is -0.595. The van der Waals surface area contributed by atoms with E-state index in [1.807, 2.05) is 0 Å². The molecular formula is C42H40Cl3F2N13O4. The first-order valence-electron chi connectivity index (χ1n) is 19.3. The maximum Gasteiger partial charge on any atom is 0.243 e. The van der Waals surface area contributed by atoms with Gasteiger partial charge in [-0.2, -0.15) is 0 Å². The number of benzene rings is 2. The Morgan fingerprint density at radius 2 is 1.12 bits per heavy atom. The van der Waals surface area contributed by atoms with E-state index in [0.717, 1.165) is 0 Å². The van der Waals surface area contributed by atoms with Gasteiger partial charge >= 0.3 is 0 Å². The van der Waals surface area contributed by atoms with Crippen LogP contribution in [0.3, 0.4) is 0 Å². The summed E-state index contributed by atoms with van der Waals surface area (Å²) in [7, 11) is 0. The average Bonchev–Trinajstić information content (AvgIpc) is 3.81. The predicted molar refractivity (Wildman–Crippen MR) is 237 cm³/mol. The molecule has 0 aliphatic heterocycles. The SMILES string of the molecule is [C-]#[N+]c1cn(CC(=O)N(CC(=O)NCc2cccc(Cl)c2F)C(C)C)c2ncnc(Cl)c12.[C-]#[N+]c1cn(CC(=O)N(CC(=O)NCc2cccc(Cl)c2F)C(C)C)c2ncnc(N)c12. The Balaban J connectivity index is 0.000000241. The number of amides is 4. The zero-order valence-electron chi connectivity index (χ0n) is 34.7. The van der Waals surface area contributed by atoms with Crippen molar-refractivity contribution >= 4 is 97.7 Å². The van der Waals surface area contributed by atoms with Crippen LogP contribution in [0.4, 0.5) is 26.0 Å². The Morgan fingerprint density at radius 1 is 0.703 bits per heavy atom. The largest absolute Gasteiger partial charge is 0.384 e. The molecule has 64 heavy (non-hydrogen) atoms. The number of nitrogens with zero attached hydrogens (tertiary/aromatic N) is 10. The van der Waals surface area contributed by atoms with Crippen molar-refractivity contribution in [2.45, 2.75) is 66.0 Å². The van der Waals surface area contributed by atoms with Crippen LogP contribution in [0.1, 0.15) is 38.8 Å². The monoisotopic (exact) mass is 933 g/mol. The van der Waals surface area contributed by atoms with Crippen molar-refractivity contribution in [3.8, 4) is 0 Å². The van der Waals surface area contributed by atoms with E-state index in [1.165, 1.54) is 68.2 Å². The molecule has 17 nitrogen and oxygen atoms in total. The second kappa shape index (κ2) is 21.4. The van der Waals surface area contributed by atoms with E-state index in [0.29, 0.717) is 22.1 Å². The third-order valence-electron chi connectivity index (χ3n) is 9.63. The van der Waals surface area contributed by atoms with Gasteiger partial charge in [-0.15, -0.1) is 0 Å². The predicted octanol–water partition coefficient (Wildman–Crippen LogP) is 6.89. The van der Waals surface area contributed by atoms with Crippen molar-refractivity contribution in [3.05, 3.63) is 122 Å². The van der Waals surface area contributed by atoms with Crippen LogP contribution in [0.5, 0.6) is 0 Å². The van der Waals surface area contributed by atoms with Crippen LogP contribution < -0.4 is 16.4 Å². The molecule has 2 aromatic carbocycles. The molecule has 4 aromatic heterocycles. The topological polar surface area (TPSA) is 195 Å². The molecule has 332 valence electrons. The second-order valence-electron chi connectivity index (χ2n) is 14.5. The summed E-state index contributed by atoms with van der Waals surface area (Å²) in [5, 5.41) is 6.03. The van der Waals surface area contributed by atoms with E-state index < -0.39 is 23.4 Å². The lowest BCUT2D eigenvalue weighted by Gasteiger charge is -2.26. The van der Waals surface area contributed by atoms with E-state index in [1.54, 1.807) is 39.8 Å². The number of rotatable bonds is 14. The van der Waals surface area contributed by atoms with Crippen LogP contribution in [-0.2, 0) is 45.4 Å². The van der Waals surface area contributed by atoms with Crippen molar-refractivity contribution in [3.63, 3.8) is 0 Å². The van der Waals surface area contributed by atoms with Gasteiger partial charge in [-0.25, -0.2) is 38.4 Å². The summed E-state index contributed by atoms with van der Waals surface area (Å²) < 4.78 is 31.0. The summed E-state index contributed by atoms with van der Waals surface area (Å²) in [6, 6.07) is 8.50. The zero-order chi connectivity index (χ0) is 46.8. The molecular weight excluding hydrogens is 895 g/mol. The standard InChI is InChI=1S/C21H19Cl2FN6O2.C21H21ClFN7O2/c1-12(2)30(9-16(31)26-7-13-5-4-6-14(22)19(13)24)17(32)10-29-8-15(25-3)18-20(23)27-11-28-21(18)29;1-12(2)30(9-16(31)26-7-13-5-4-6-14(22)19(13)23)17(32)10-29-8-15(25-3)18-20(24)27-11-28-21(18)29/h4-6,8,11-12H,7,9-10H2,1-2H3,(H,26,31);4-6,8,11-12H,7,9-10H2,1-2H3,(H,26,31)(H2,24,27,28). The molecule has 0 bridgehead atoms. The van der Waals surface area contributed by atoms with Crippen molar-refractivity contribution in [1.82, 2.24) is 49.5 Å². The maximum absolute atomic E-state index is 14.0. The Bertz CT molecular complexity index is 2630. The molecule has 0 unspecified atom stereocenters. The summed E-state index contributed by atoms with van der Waals surface area (Å²) in [4.78, 5) is 76.5. The highest BCUT2D eigenvalue weighted by molar-refractivity contribution is 6.35. The van der Waals surface area contributed by atoms with E-state index in [-0.39, 0.29) is 107 Å². The first-order chi connectivity index (χ1) is 30.4. The third kappa shape index (κ3) is 11.4. The van der Waals surface area contributed by atoms with Crippen molar-refractivity contribution in [2.75, 3.05) is 18.8 Å². The van der Waals surface area contributed by atoms with Crippen LogP contribution in [0.25, 0.3) is 31.8 Å². The third-order valence-corrected chi connectivity index (χ3v) is 10.5. The van der Waals surface area contributed by atoms with Gasteiger partial charge in [0.2, 0.25) is 35.0 Å². The fourth-order valence-corrected chi connectivity index (χ4v) is 6.99. The average molecular weight is 935 g/mol. The maximum atomic E-state index is 14.0. The van der Waals surface area contributed by atoms with E-state index in [2.05, 4.69) is 40.3 Å². The van der Waals surface area contributed by atoms with Crippen LogP contribution in [0.2, 0.25) is 15.2 Å². The Kier molecular flexibility index (Phi) is 16.1. The van der Waals surface area contributed by atoms with Gasteiger partial charge in [0.25, 0.3) is 0 Å². The molecule has 0 saturated carbocycles. The number of anilines is 1. The first kappa shape index (κ1) is 48.1. The number of carbonyl (C=O) groups excluding carboxylic acids is 4. The highest BCUT2D eigenvalue weighted by Gasteiger charge is 2.25. The number of halogens is 5. The minimum absolute atomic E-state index is 0.0297. The summed E-state index contributed by atoms with van der Waals surface area (Å²) >= 11 is 17.6. The molecule has 0 spiro atoms. The number of hydrogen-bond donors (Lipinski definition) is 3. The molecule has 0 atom stereocenters. The first-order valence-corrected chi connectivity index (χ1v) is 20.4. The molecule has 0 saturated heterocycles. The number of nitrogens with one attached hydrogen (secondary N) is 2. The summed E-state index contributed by atoms with van der Waals surface area (Å²) in [5.74, 6) is -2.64. The molecule has 4 amide bonds. The molecule has 4 heterocycles. The van der Waals surface area contributed by atoms with Gasteiger partial charge in [0, 0.05) is 48.7 Å². The lowest BCUT2D eigenvalue weighted by atomic mass is 10.2. The molecule has 0 aliphatic rings. The number of fused-ring (bicyclic) bond motifs is 2. The van der Waals surface area contributed by atoms with Gasteiger partial charge < -0.3 is 35.3 Å². The number of nitrogen functional groups attached to an aromatic ring is 1. The number of hydrogen-bond acceptors (Lipinski definition) is 9. The second-order valence-corrected chi connectivity index (χ2v) is 15.7. The van der Waals surface area contributed by atoms with Crippen LogP contribution in [0, 0.1) is 24.8 Å². The highest BCUT2D eigenvalue weighted by Crippen LogP contribution is 2.32. The summed E-state index contributed by atoms with van der Waals surface area (Å²) in [6.45, 7) is 20.9. The number of carbonyl (C=O) groups is 4. The summed E-state index contributed by atoms with van der Waals surface area (Å²) in [6.07, 6.45) is 5.48. The smallest absolute Gasteiger partial charge is 0.243 e. The van der Waals surface area contributed by atoms with Gasteiger partial charge in [-0.1, -0.05) is 59.1 Å². The molecule has 0 radical (unpaired) electrons. The number of nitrogens with two attached hydrogens (primary N) is 1. The van der Waals surface area contributed by atoms with Gasteiger partial charge in [0.05, 0.1) is 47.1 Å². The normalized spacial score (nSPS) is 10.9. The quantitative estimate of drug-likeness (QED) is 0.0770. The molecule has 0 aliphatic carbocycles. The Labute approximate surface area is 380 Å². The van der Waals surface area contributed by atoms with Crippen LogP contribution in [0.15, 0.2) is 61.4 Å². The van der Waals surface area contributed by atoms with Crippen LogP contribution >= 0.6 is 34.8 Å². The molecule has 4 N–H and O–H groups in total. The van der Waals surface area contributed by atoms with Crippen molar-refractivity contribution < 1.29 is 28.0 Å². The number of aromatic nitrogens is 6. The Hall–Kier alpha value is -6.93. The van der Waals surface area contributed by atoms with Gasteiger partial charge in [0.1, 0.15) is 59.6 Å².